The summed E-state index contributed by atoms with van der Waals surface area (Å²) >= 11 is 0. The molecule has 1 unspecified atom stereocenters. The van der Waals surface area contributed by atoms with Gasteiger partial charge in [0, 0.05) is 35.7 Å². The van der Waals surface area contributed by atoms with Gasteiger partial charge in [0.15, 0.2) is 5.78 Å². The summed E-state index contributed by atoms with van der Waals surface area (Å²) in [4.78, 5) is 39.3. The number of hydrogen-bond acceptors (Lipinski definition) is 3. The van der Waals surface area contributed by atoms with Crippen LogP contribution in [0.3, 0.4) is 0 Å². The first kappa shape index (κ1) is 20.0. The lowest BCUT2D eigenvalue weighted by Gasteiger charge is -2.43. The van der Waals surface area contributed by atoms with E-state index in [0.29, 0.717) is 35.4 Å². The Morgan fingerprint density at radius 2 is 1.83 bits per heavy atom. The maximum atomic E-state index is 14.6. The van der Waals surface area contributed by atoms with Crippen LogP contribution in [0, 0.1) is 11.2 Å². The molecule has 0 saturated carbocycles. The van der Waals surface area contributed by atoms with Crippen molar-refractivity contribution in [1.29, 1.82) is 0 Å². The average molecular weight is 407 g/mol. The number of amides is 1. The number of anilines is 1. The highest BCUT2D eigenvalue weighted by Crippen LogP contribution is 2.48. The number of carboxylic acids is 1. The minimum Gasteiger partial charge on any atom is -0.478 e. The van der Waals surface area contributed by atoms with Crippen molar-refractivity contribution in [3.63, 3.8) is 0 Å². The molecule has 154 valence electrons. The molecule has 2 aliphatic rings. The van der Waals surface area contributed by atoms with Crippen LogP contribution in [0.15, 0.2) is 59.8 Å². The molecule has 5 nitrogen and oxygen atoms in total. The molecule has 4 rings (SSSR count). The van der Waals surface area contributed by atoms with Crippen molar-refractivity contribution in [2.45, 2.75) is 39.0 Å². The van der Waals surface area contributed by atoms with Crippen LogP contribution in [0.5, 0.6) is 0 Å². The fourth-order valence-electron chi connectivity index (χ4n) is 4.52. The lowest BCUT2D eigenvalue weighted by molar-refractivity contribution is -0.121. The van der Waals surface area contributed by atoms with Gasteiger partial charge in [0.1, 0.15) is 5.82 Å². The van der Waals surface area contributed by atoms with E-state index >= 15 is 0 Å². The summed E-state index contributed by atoms with van der Waals surface area (Å²) in [5.41, 5.74) is 1.44. The molecular formula is C24H22FNO4. The Morgan fingerprint density at radius 1 is 1.10 bits per heavy atom. The minimum atomic E-state index is -1.10. The molecule has 0 spiro atoms. The van der Waals surface area contributed by atoms with E-state index in [0.717, 1.165) is 0 Å². The van der Waals surface area contributed by atoms with Gasteiger partial charge in [-0.25, -0.2) is 9.18 Å². The first-order valence-electron chi connectivity index (χ1n) is 9.85. The Balaban J connectivity index is 1.92. The van der Waals surface area contributed by atoms with Gasteiger partial charge in [-0.3, -0.25) is 14.5 Å². The van der Waals surface area contributed by atoms with Gasteiger partial charge in [0.05, 0.1) is 5.56 Å². The van der Waals surface area contributed by atoms with E-state index in [1.54, 1.807) is 30.3 Å². The number of carbonyl (C=O) groups excluding carboxylic acids is 2. The molecule has 1 amide bonds. The first-order valence-corrected chi connectivity index (χ1v) is 9.85. The van der Waals surface area contributed by atoms with Crippen molar-refractivity contribution >= 4 is 23.3 Å². The highest BCUT2D eigenvalue weighted by atomic mass is 19.1. The number of carbonyl (C=O) groups is 3. The molecule has 1 atom stereocenters. The summed E-state index contributed by atoms with van der Waals surface area (Å²) in [6, 6.07) is 12.3. The van der Waals surface area contributed by atoms with Crippen molar-refractivity contribution < 1.29 is 23.9 Å². The lowest BCUT2D eigenvalue weighted by atomic mass is 9.69. The highest BCUT2D eigenvalue weighted by molar-refractivity contribution is 6.08. The third-order valence-electron chi connectivity index (χ3n) is 5.77. The van der Waals surface area contributed by atoms with Gasteiger partial charge in [0.25, 0.3) is 0 Å². The molecule has 0 radical (unpaired) electrons. The van der Waals surface area contributed by atoms with E-state index in [1.807, 2.05) is 13.8 Å². The zero-order valence-corrected chi connectivity index (χ0v) is 16.8. The van der Waals surface area contributed by atoms with Crippen LogP contribution >= 0.6 is 0 Å². The maximum absolute atomic E-state index is 14.6. The van der Waals surface area contributed by atoms with Crippen LogP contribution in [0.4, 0.5) is 10.1 Å². The predicted octanol–water partition coefficient (Wildman–Crippen LogP) is 4.69. The smallest absolute Gasteiger partial charge is 0.335 e. The molecule has 1 aliphatic carbocycles. The Labute approximate surface area is 173 Å². The molecule has 0 saturated heterocycles. The fourth-order valence-corrected chi connectivity index (χ4v) is 4.52. The quantitative estimate of drug-likeness (QED) is 0.801. The molecule has 2 aromatic carbocycles. The largest absolute Gasteiger partial charge is 0.478 e. The zero-order chi connectivity index (χ0) is 21.6. The Kier molecular flexibility index (Phi) is 4.80. The van der Waals surface area contributed by atoms with Crippen LogP contribution in [0.2, 0.25) is 0 Å². The summed E-state index contributed by atoms with van der Waals surface area (Å²) in [6.07, 6.45) is 0.722. The van der Waals surface area contributed by atoms with Crippen molar-refractivity contribution in [2.75, 3.05) is 4.90 Å². The lowest BCUT2D eigenvalue weighted by Crippen LogP contribution is -2.44. The number of halogens is 1. The maximum Gasteiger partial charge on any atom is 0.335 e. The van der Waals surface area contributed by atoms with Crippen LogP contribution in [-0.4, -0.2) is 22.8 Å². The van der Waals surface area contributed by atoms with E-state index in [-0.39, 0.29) is 29.1 Å². The summed E-state index contributed by atoms with van der Waals surface area (Å²) in [6.45, 7) is 3.91. The minimum absolute atomic E-state index is 0.0523. The topological polar surface area (TPSA) is 74.7 Å². The number of Topliss-reactive ketones (excluding diaryl/α,β-unsaturated/α-hetero) is 1. The molecule has 1 heterocycles. The first-order chi connectivity index (χ1) is 14.2. The van der Waals surface area contributed by atoms with Crippen LogP contribution < -0.4 is 4.90 Å². The highest BCUT2D eigenvalue weighted by Gasteiger charge is 2.44. The molecule has 2 aromatic rings. The normalized spacial score (nSPS) is 20.9. The number of benzene rings is 2. The molecule has 6 heteroatoms. The standard InChI is InChI=1S/C24H22FNO4/c1-24(2)12-19-22(20(27)13-24)17(16-8-3-4-9-18(16)25)11-21(28)26(19)15-7-5-6-14(10-15)23(29)30/h3-10,17H,11-13H2,1-2H3,(H,29,30). The fraction of sp³-hybridized carbons (Fsp3) is 0.292. The summed E-state index contributed by atoms with van der Waals surface area (Å²) in [7, 11) is 0. The third-order valence-corrected chi connectivity index (χ3v) is 5.77. The van der Waals surface area contributed by atoms with E-state index < -0.39 is 17.7 Å². The van der Waals surface area contributed by atoms with Gasteiger partial charge in [-0.15, -0.1) is 0 Å². The second-order valence-corrected chi connectivity index (χ2v) is 8.66. The summed E-state index contributed by atoms with van der Waals surface area (Å²) < 4.78 is 14.6. The van der Waals surface area contributed by atoms with Gasteiger partial charge < -0.3 is 5.11 Å². The number of nitrogens with zero attached hydrogens (tertiary/aromatic N) is 1. The number of hydrogen-bond donors (Lipinski definition) is 1. The second-order valence-electron chi connectivity index (χ2n) is 8.66. The number of aromatic carboxylic acids is 1. The SMILES string of the molecule is CC1(C)CC(=O)C2=C(C1)N(c1cccc(C(=O)O)c1)C(=O)CC2c1ccccc1F. The van der Waals surface area contributed by atoms with Gasteiger partial charge in [-0.2, -0.15) is 0 Å². The van der Waals surface area contributed by atoms with Crippen molar-refractivity contribution in [3.05, 3.63) is 76.7 Å². The third kappa shape index (κ3) is 3.43. The van der Waals surface area contributed by atoms with Gasteiger partial charge in [-0.1, -0.05) is 38.1 Å². The molecule has 0 fully saturated rings. The van der Waals surface area contributed by atoms with E-state index in [1.165, 1.54) is 23.1 Å². The Morgan fingerprint density at radius 3 is 2.53 bits per heavy atom. The molecule has 1 N–H and O–H groups in total. The Bertz CT molecular complexity index is 1100. The molecular weight excluding hydrogens is 385 g/mol. The van der Waals surface area contributed by atoms with Crippen LogP contribution in [0.25, 0.3) is 0 Å². The van der Waals surface area contributed by atoms with Crippen LogP contribution in [0.1, 0.15) is 54.9 Å². The Hall–Kier alpha value is -3.28. The molecule has 30 heavy (non-hydrogen) atoms. The van der Waals surface area contributed by atoms with E-state index in [2.05, 4.69) is 0 Å². The number of carboxylic acid groups (broad SMARTS) is 1. The van der Waals surface area contributed by atoms with E-state index in [4.69, 9.17) is 0 Å². The number of rotatable bonds is 3. The number of ketones is 1. The summed E-state index contributed by atoms with van der Waals surface area (Å²) in [5, 5.41) is 9.34. The van der Waals surface area contributed by atoms with Gasteiger partial charge >= 0.3 is 5.97 Å². The second kappa shape index (κ2) is 7.20. The van der Waals surface area contributed by atoms with Crippen molar-refractivity contribution in [3.8, 4) is 0 Å². The summed E-state index contributed by atoms with van der Waals surface area (Å²) in [5.74, 6) is -2.56. The predicted molar refractivity (Wildman–Crippen MR) is 110 cm³/mol. The van der Waals surface area contributed by atoms with Gasteiger partial charge in [-0.05, 0) is 41.7 Å². The van der Waals surface area contributed by atoms with Gasteiger partial charge in [0.2, 0.25) is 5.91 Å². The average Bonchev–Trinajstić information content (AvgIpc) is 2.66. The number of allylic oxidation sites excluding steroid dienone is 2. The molecule has 0 aromatic heterocycles. The van der Waals surface area contributed by atoms with Crippen LogP contribution in [-0.2, 0) is 9.59 Å². The van der Waals surface area contributed by atoms with Crippen molar-refractivity contribution in [1.82, 2.24) is 0 Å². The zero-order valence-electron chi connectivity index (χ0n) is 16.8. The van der Waals surface area contributed by atoms with E-state index in [9.17, 15) is 23.9 Å². The molecule has 1 aliphatic heterocycles. The molecule has 0 bridgehead atoms. The van der Waals surface area contributed by atoms with Crippen molar-refractivity contribution in [2.24, 2.45) is 5.41 Å². The monoisotopic (exact) mass is 407 g/mol.